The molecule has 3 rings (SSSR count). The maximum atomic E-state index is 12.1. The van der Waals surface area contributed by atoms with Crippen molar-refractivity contribution in [1.29, 1.82) is 0 Å². The SMILES string of the molecule is C=CCn1c(COc2cccc(C)c2)nnc1SCC(=O)NCCc1cccs1. The van der Waals surface area contributed by atoms with Crippen LogP contribution in [0, 0.1) is 6.92 Å². The number of carbonyl (C=O) groups is 1. The third-order valence-corrected chi connectivity index (χ3v) is 5.97. The second kappa shape index (κ2) is 10.8. The van der Waals surface area contributed by atoms with Crippen molar-refractivity contribution in [3.63, 3.8) is 0 Å². The molecular formula is C21H24N4O2S2. The van der Waals surface area contributed by atoms with Gasteiger partial charge in [-0.05, 0) is 42.5 Å². The van der Waals surface area contributed by atoms with Crippen LogP contribution in [0.5, 0.6) is 5.75 Å². The van der Waals surface area contributed by atoms with E-state index in [1.165, 1.54) is 16.6 Å². The van der Waals surface area contributed by atoms with Gasteiger partial charge in [0.05, 0.1) is 5.75 Å². The summed E-state index contributed by atoms with van der Waals surface area (Å²) >= 11 is 3.06. The minimum Gasteiger partial charge on any atom is -0.486 e. The number of allylic oxidation sites excluding steroid dienone is 1. The van der Waals surface area contributed by atoms with Gasteiger partial charge in [-0.2, -0.15) is 0 Å². The van der Waals surface area contributed by atoms with Gasteiger partial charge in [-0.3, -0.25) is 9.36 Å². The van der Waals surface area contributed by atoms with Crippen LogP contribution >= 0.6 is 23.1 Å². The fourth-order valence-corrected chi connectivity index (χ4v) is 4.16. The van der Waals surface area contributed by atoms with Crippen LogP contribution in [-0.2, 0) is 24.4 Å². The predicted octanol–water partition coefficient (Wildman–Crippen LogP) is 3.86. The minimum atomic E-state index is -0.0164. The van der Waals surface area contributed by atoms with Crippen molar-refractivity contribution in [3.8, 4) is 5.75 Å². The minimum absolute atomic E-state index is 0.0164. The molecule has 3 aromatic rings. The summed E-state index contributed by atoms with van der Waals surface area (Å²) < 4.78 is 7.77. The fraction of sp³-hybridized carbons (Fsp3) is 0.286. The molecule has 0 aliphatic carbocycles. The summed E-state index contributed by atoms with van der Waals surface area (Å²) in [5.74, 6) is 1.76. The monoisotopic (exact) mass is 428 g/mol. The van der Waals surface area contributed by atoms with E-state index >= 15 is 0 Å². The Morgan fingerprint density at radius 1 is 1.34 bits per heavy atom. The first-order chi connectivity index (χ1) is 14.2. The zero-order chi connectivity index (χ0) is 20.5. The lowest BCUT2D eigenvalue weighted by Crippen LogP contribution is -2.27. The number of thioether (sulfide) groups is 1. The molecule has 8 heteroatoms. The normalized spacial score (nSPS) is 10.7. The molecule has 0 radical (unpaired) electrons. The first-order valence-electron chi connectivity index (χ1n) is 9.30. The third kappa shape index (κ3) is 6.47. The summed E-state index contributed by atoms with van der Waals surface area (Å²) in [5.41, 5.74) is 1.14. The average Bonchev–Trinajstić information content (AvgIpc) is 3.35. The van der Waals surface area contributed by atoms with Gasteiger partial charge in [-0.1, -0.05) is 36.0 Å². The lowest BCUT2D eigenvalue weighted by molar-refractivity contribution is -0.118. The van der Waals surface area contributed by atoms with Crippen molar-refractivity contribution in [2.45, 2.75) is 31.7 Å². The number of ether oxygens (including phenoxy) is 1. The lowest BCUT2D eigenvalue weighted by Gasteiger charge is -2.09. The summed E-state index contributed by atoms with van der Waals surface area (Å²) in [4.78, 5) is 13.4. The molecule has 2 heterocycles. The molecule has 1 N–H and O–H groups in total. The van der Waals surface area contributed by atoms with E-state index in [1.807, 2.05) is 47.2 Å². The number of aromatic nitrogens is 3. The number of aryl methyl sites for hydroxylation is 1. The Morgan fingerprint density at radius 2 is 2.24 bits per heavy atom. The summed E-state index contributed by atoms with van der Waals surface area (Å²) in [6.45, 7) is 7.32. The molecule has 0 spiro atoms. The van der Waals surface area contributed by atoms with Crippen molar-refractivity contribution in [2.75, 3.05) is 12.3 Å². The largest absolute Gasteiger partial charge is 0.486 e. The van der Waals surface area contributed by atoms with Gasteiger partial charge in [-0.15, -0.1) is 28.1 Å². The average molecular weight is 429 g/mol. The number of thiophene rings is 1. The Hall–Kier alpha value is -2.58. The topological polar surface area (TPSA) is 69.0 Å². The molecule has 1 aromatic carbocycles. The maximum absolute atomic E-state index is 12.1. The first-order valence-corrected chi connectivity index (χ1v) is 11.2. The summed E-state index contributed by atoms with van der Waals surface area (Å²) in [7, 11) is 0. The van der Waals surface area contributed by atoms with E-state index in [4.69, 9.17) is 4.74 Å². The maximum Gasteiger partial charge on any atom is 0.230 e. The van der Waals surface area contributed by atoms with E-state index in [-0.39, 0.29) is 5.91 Å². The summed E-state index contributed by atoms with van der Waals surface area (Å²) in [5, 5.41) is 14.1. The zero-order valence-corrected chi connectivity index (χ0v) is 18.0. The number of benzene rings is 1. The van der Waals surface area contributed by atoms with Gasteiger partial charge in [0.2, 0.25) is 5.91 Å². The molecule has 6 nitrogen and oxygen atoms in total. The highest BCUT2D eigenvalue weighted by molar-refractivity contribution is 7.99. The molecule has 1 amide bonds. The second-order valence-corrected chi connectivity index (χ2v) is 8.35. The Morgan fingerprint density at radius 3 is 3.00 bits per heavy atom. The van der Waals surface area contributed by atoms with Gasteiger partial charge in [0.25, 0.3) is 0 Å². The molecular weight excluding hydrogens is 404 g/mol. The number of rotatable bonds is 11. The smallest absolute Gasteiger partial charge is 0.230 e. The number of nitrogens with zero attached hydrogens (tertiary/aromatic N) is 3. The van der Waals surface area contributed by atoms with Gasteiger partial charge < -0.3 is 10.1 Å². The van der Waals surface area contributed by atoms with Crippen LogP contribution in [0.1, 0.15) is 16.3 Å². The summed E-state index contributed by atoms with van der Waals surface area (Å²) in [6, 6.07) is 12.0. The zero-order valence-electron chi connectivity index (χ0n) is 16.3. The van der Waals surface area contributed by atoms with Crippen LogP contribution in [0.25, 0.3) is 0 Å². The van der Waals surface area contributed by atoms with Crippen LogP contribution in [0.3, 0.4) is 0 Å². The fourth-order valence-electron chi connectivity index (χ4n) is 2.66. The molecule has 0 saturated heterocycles. The van der Waals surface area contributed by atoms with Crippen LogP contribution < -0.4 is 10.1 Å². The van der Waals surface area contributed by atoms with Crippen molar-refractivity contribution in [3.05, 3.63) is 70.7 Å². The van der Waals surface area contributed by atoms with Gasteiger partial charge in [0.15, 0.2) is 11.0 Å². The Labute approximate surface area is 179 Å². The van der Waals surface area contributed by atoms with Crippen LogP contribution in [0.4, 0.5) is 0 Å². The number of carbonyl (C=O) groups excluding carboxylic acids is 1. The van der Waals surface area contributed by atoms with Crippen molar-refractivity contribution in [2.24, 2.45) is 0 Å². The molecule has 0 fully saturated rings. The van der Waals surface area contributed by atoms with E-state index in [9.17, 15) is 4.79 Å². The molecule has 0 aliphatic heterocycles. The Balaban J connectivity index is 1.52. The molecule has 152 valence electrons. The van der Waals surface area contributed by atoms with E-state index in [1.54, 1.807) is 17.4 Å². The number of hydrogen-bond donors (Lipinski definition) is 1. The van der Waals surface area contributed by atoms with E-state index in [2.05, 4.69) is 28.2 Å². The second-order valence-electron chi connectivity index (χ2n) is 6.37. The standard InChI is InChI=1S/C21H24N4O2S2/c1-3-11-25-19(14-27-17-7-4-6-16(2)13-17)23-24-21(25)29-15-20(26)22-10-9-18-8-5-12-28-18/h3-8,12-13H,1,9-11,14-15H2,2H3,(H,22,26). The van der Waals surface area contributed by atoms with Crippen LogP contribution in [0.15, 0.2) is 59.6 Å². The quantitative estimate of drug-likeness (QED) is 0.371. The predicted molar refractivity (Wildman–Crippen MR) is 117 cm³/mol. The first kappa shape index (κ1) is 21.1. The van der Waals surface area contributed by atoms with E-state index < -0.39 is 0 Å². The Bertz CT molecular complexity index is 938. The van der Waals surface area contributed by atoms with Crippen LogP contribution in [0.2, 0.25) is 0 Å². The van der Waals surface area contributed by atoms with Gasteiger partial charge in [0, 0.05) is 18.0 Å². The highest BCUT2D eigenvalue weighted by Crippen LogP contribution is 2.19. The lowest BCUT2D eigenvalue weighted by atomic mass is 10.2. The molecule has 0 saturated carbocycles. The van der Waals surface area contributed by atoms with Crippen molar-refractivity contribution >= 4 is 29.0 Å². The number of hydrogen-bond acceptors (Lipinski definition) is 6. The highest BCUT2D eigenvalue weighted by Gasteiger charge is 2.14. The molecule has 29 heavy (non-hydrogen) atoms. The Kier molecular flexibility index (Phi) is 7.89. The number of amides is 1. The van der Waals surface area contributed by atoms with Gasteiger partial charge in [-0.25, -0.2) is 0 Å². The van der Waals surface area contributed by atoms with Crippen molar-refractivity contribution < 1.29 is 9.53 Å². The summed E-state index contributed by atoms with van der Waals surface area (Å²) in [6.07, 6.45) is 2.63. The molecule has 0 aliphatic rings. The third-order valence-electron chi connectivity index (χ3n) is 4.07. The molecule has 2 aromatic heterocycles. The molecule has 0 atom stereocenters. The van der Waals surface area contributed by atoms with E-state index in [0.29, 0.717) is 36.4 Å². The van der Waals surface area contributed by atoms with Gasteiger partial charge in [0.1, 0.15) is 12.4 Å². The van der Waals surface area contributed by atoms with Crippen molar-refractivity contribution in [1.82, 2.24) is 20.1 Å². The highest BCUT2D eigenvalue weighted by atomic mass is 32.2. The number of nitrogens with one attached hydrogen (secondary N) is 1. The van der Waals surface area contributed by atoms with Gasteiger partial charge >= 0.3 is 0 Å². The van der Waals surface area contributed by atoms with E-state index in [0.717, 1.165) is 17.7 Å². The molecule has 0 unspecified atom stereocenters. The van der Waals surface area contributed by atoms with Crippen LogP contribution in [-0.4, -0.2) is 33.0 Å². The molecule has 0 bridgehead atoms.